The van der Waals surface area contributed by atoms with E-state index in [4.69, 9.17) is 9.47 Å². The van der Waals surface area contributed by atoms with Gasteiger partial charge in [0.15, 0.2) is 0 Å². The highest BCUT2D eigenvalue weighted by atomic mass is 16.5. The summed E-state index contributed by atoms with van der Waals surface area (Å²) < 4.78 is 12.6. The topological polar surface area (TPSA) is 35.4 Å². The minimum Gasteiger partial charge on any atom is -0.382 e. The van der Waals surface area contributed by atoms with Gasteiger partial charge in [-0.1, -0.05) is 13.8 Å². The Bertz CT molecular complexity index is 297. The number of rotatable bonds is 9. The predicted molar refractivity (Wildman–Crippen MR) is 69.1 cm³/mol. The Morgan fingerprint density at radius 2 is 2.12 bits per heavy atom. The summed E-state index contributed by atoms with van der Waals surface area (Å²) in [5, 5.41) is 3.42. The fourth-order valence-corrected chi connectivity index (χ4v) is 1.54. The van der Waals surface area contributed by atoms with Crippen LogP contribution in [0.2, 0.25) is 0 Å². The first-order chi connectivity index (χ1) is 8.24. The van der Waals surface area contributed by atoms with E-state index < -0.39 is 0 Å². The molecule has 0 unspecified atom stereocenters. The molecule has 0 atom stereocenters. The molecule has 1 aromatic rings. The number of methoxy groups -OCH3 is 1. The van der Waals surface area contributed by atoms with Crippen molar-refractivity contribution in [2.24, 2.45) is 0 Å². The van der Waals surface area contributed by atoms with E-state index >= 15 is 0 Å². The van der Waals surface area contributed by atoms with Crippen LogP contribution in [-0.2, 0) is 22.6 Å². The highest BCUT2D eigenvalue weighted by Crippen LogP contribution is 2.02. The average molecular weight is 240 g/mol. The third-order valence-electron chi connectivity index (χ3n) is 2.52. The van der Waals surface area contributed by atoms with Crippen molar-refractivity contribution < 1.29 is 9.47 Å². The van der Waals surface area contributed by atoms with Gasteiger partial charge >= 0.3 is 0 Å². The molecule has 0 fully saturated rings. The Balaban J connectivity index is 2.25. The fourth-order valence-electron chi connectivity index (χ4n) is 1.54. The third kappa shape index (κ3) is 5.86. The number of ether oxygens (including phenoxy) is 2. The first-order valence-electron chi connectivity index (χ1n) is 6.18. The molecule has 0 radical (unpaired) electrons. The quantitative estimate of drug-likeness (QED) is 0.667. The molecule has 0 aliphatic rings. The van der Waals surface area contributed by atoms with Crippen LogP contribution in [0.5, 0.6) is 0 Å². The van der Waals surface area contributed by atoms with Gasteiger partial charge < -0.3 is 19.4 Å². The third-order valence-corrected chi connectivity index (χ3v) is 2.52. The van der Waals surface area contributed by atoms with Gasteiger partial charge in [-0.3, -0.25) is 0 Å². The van der Waals surface area contributed by atoms with Crippen LogP contribution in [-0.4, -0.2) is 37.5 Å². The van der Waals surface area contributed by atoms with Crippen LogP contribution in [0.4, 0.5) is 0 Å². The van der Waals surface area contributed by atoms with Crippen molar-refractivity contribution >= 4 is 0 Å². The molecular weight excluding hydrogens is 216 g/mol. The molecule has 17 heavy (non-hydrogen) atoms. The fraction of sp³-hybridized carbons (Fsp3) is 0.692. The van der Waals surface area contributed by atoms with Crippen LogP contribution in [0.25, 0.3) is 0 Å². The summed E-state index contributed by atoms with van der Waals surface area (Å²) in [5.74, 6) is 0. The SMILES string of the molecule is COCCOCCn1cccc1CNC(C)C. The Morgan fingerprint density at radius 3 is 2.82 bits per heavy atom. The molecular formula is C13H24N2O2. The Morgan fingerprint density at radius 1 is 1.29 bits per heavy atom. The van der Waals surface area contributed by atoms with Crippen molar-refractivity contribution in [2.75, 3.05) is 26.9 Å². The Kier molecular flexibility index (Phi) is 6.93. The van der Waals surface area contributed by atoms with Crippen molar-refractivity contribution in [3.63, 3.8) is 0 Å². The zero-order chi connectivity index (χ0) is 12.5. The molecule has 0 saturated carbocycles. The molecule has 0 bridgehead atoms. The van der Waals surface area contributed by atoms with Crippen LogP contribution < -0.4 is 5.32 Å². The number of nitrogens with one attached hydrogen (secondary N) is 1. The van der Waals surface area contributed by atoms with Crippen LogP contribution >= 0.6 is 0 Å². The zero-order valence-corrected chi connectivity index (χ0v) is 11.1. The molecule has 4 nitrogen and oxygen atoms in total. The normalized spacial score (nSPS) is 11.3. The number of hydrogen-bond donors (Lipinski definition) is 1. The summed E-state index contributed by atoms with van der Waals surface area (Å²) >= 11 is 0. The number of nitrogens with zero attached hydrogens (tertiary/aromatic N) is 1. The molecule has 0 aliphatic heterocycles. The van der Waals surface area contributed by atoms with Crippen LogP contribution in [0.3, 0.4) is 0 Å². The van der Waals surface area contributed by atoms with Crippen LogP contribution in [0.1, 0.15) is 19.5 Å². The second-order valence-electron chi connectivity index (χ2n) is 4.33. The summed E-state index contributed by atoms with van der Waals surface area (Å²) in [4.78, 5) is 0. The molecule has 98 valence electrons. The number of hydrogen-bond acceptors (Lipinski definition) is 3. The molecule has 0 spiro atoms. The summed E-state index contributed by atoms with van der Waals surface area (Å²) in [7, 11) is 1.69. The summed E-state index contributed by atoms with van der Waals surface area (Å²) in [6.07, 6.45) is 2.09. The minimum atomic E-state index is 0.510. The van der Waals surface area contributed by atoms with Crippen molar-refractivity contribution in [1.29, 1.82) is 0 Å². The van der Waals surface area contributed by atoms with E-state index in [1.54, 1.807) is 7.11 Å². The Hall–Kier alpha value is -0.840. The van der Waals surface area contributed by atoms with Crippen LogP contribution in [0.15, 0.2) is 18.3 Å². The molecule has 0 aromatic carbocycles. The maximum absolute atomic E-state index is 5.46. The van der Waals surface area contributed by atoms with Crippen molar-refractivity contribution in [3.05, 3.63) is 24.0 Å². The molecule has 0 amide bonds. The maximum Gasteiger partial charge on any atom is 0.0701 e. The van der Waals surface area contributed by atoms with Crippen molar-refractivity contribution in [3.8, 4) is 0 Å². The van der Waals surface area contributed by atoms with Gasteiger partial charge in [0.2, 0.25) is 0 Å². The highest BCUT2D eigenvalue weighted by Gasteiger charge is 2.01. The van der Waals surface area contributed by atoms with Gasteiger partial charge in [-0.2, -0.15) is 0 Å². The molecule has 1 N–H and O–H groups in total. The van der Waals surface area contributed by atoms with Gasteiger partial charge in [0.25, 0.3) is 0 Å². The van der Waals surface area contributed by atoms with E-state index in [0.29, 0.717) is 19.3 Å². The van der Waals surface area contributed by atoms with Gasteiger partial charge in [-0.25, -0.2) is 0 Å². The maximum atomic E-state index is 5.46. The van der Waals surface area contributed by atoms with Gasteiger partial charge in [-0.15, -0.1) is 0 Å². The van der Waals surface area contributed by atoms with E-state index in [-0.39, 0.29) is 0 Å². The van der Waals surface area contributed by atoms with E-state index in [0.717, 1.165) is 19.7 Å². The second-order valence-corrected chi connectivity index (χ2v) is 4.33. The first-order valence-corrected chi connectivity index (χ1v) is 6.18. The van der Waals surface area contributed by atoms with Gasteiger partial charge in [0, 0.05) is 38.1 Å². The second kappa shape index (κ2) is 8.28. The van der Waals surface area contributed by atoms with Gasteiger partial charge in [-0.05, 0) is 12.1 Å². The first kappa shape index (κ1) is 14.2. The molecule has 1 heterocycles. The summed E-state index contributed by atoms with van der Waals surface area (Å²) in [6, 6.07) is 4.73. The molecule has 4 heteroatoms. The minimum absolute atomic E-state index is 0.510. The smallest absolute Gasteiger partial charge is 0.0701 e. The lowest BCUT2D eigenvalue weighted by Gasteiger charge is -2.12. The molecule has 1 aromatic heterocycles. The van der Waals surface area contributed by atoms with E-state index in [1.165, 1.54) is 5.69 Å². The highest BCUT2D eigenvalue weighted by molar-refractivity contribution is 5.06. The van der Waals surface area contributed by atoms with Crippen molar-refractivity contribution in [2.45, 2.75) is 33.0 Å². The van der Waals surface area contributed by atoms with Crippen LogP contribution in [0, 0.1) is 0 Å². The molecule has 1 rings (SSSR count). The van der Waals surface area contributed by atoms with Gasteiger partial charge in [0.1, 0.15) is 0 Å². The summed E-state index contributed by atoms with van der Waals surface area (Å²) in [6.45, 7) is 8.16. The zero-order valence-electron chi connectivity index (χ0n) is 11.1. The van der Waals surface area contributed by atoms with E-state index in [1.807, 2.05) is 0 Å². The number of aromatic nitrogens is 1. The largest absolute Gasteiger partial charge is 0.382 e. The Labute approximate surface area is 104 Å². The van der Waals surface area contributed by atoms with E-state index in [2.05, 4.69) is 42.1 Å². The van der Waals surface area contributed by atoms with Crippen molar-refractivity contribution in [1.82, 2.24) is 9.88 Å². The standard InChI is InChI=1S/C13H24N2O2/c1-12(2)14-11-13-5-4-6-15(13)7-8-17-10-9-16-3/h4-6,12,14H,7-11H2,1-3H3. The molecule has 0 saturated heterocycles. The monoisotopic (exact) mass is 240 g/mol. The molecule has 0 aliphatic carbocycles. The van der Waals surface area contributed by atoms with E-state index in [9.17, 15) is 0 Å². The lowest BCUT2D eigenvalue weighted by molar-refractivity contribution is 0.0663. The average Bonchev–Trinajstić information content (AvgIpc) is 2.73. The lowest BCUT2D eigenvalue weighted by atomic mass is 10.3. The lowest BCUT2D eigenvalue weighted by Crippen LogP contribution is -2.23. The predicted octanol–water partition coefficient (Wildman–Crippen LogP) is 1.65. The van der Waals surface area contributed by atoms with Gasteiger partial charge in [0.05, 0.1) is 19.8 Å². The summed E-state index contributed by atoms with van der Waals surface area (Å²) in [5.41, 5.74) is 1.30.